The molecule has 2 N–H and O–H groups in total. The maximum absolute atomic E-state index is 6.07. The molecule has 0 amide bonds. The third-order valence-corrected chi connectivity index (χ3v) is 4.97. The Hall–Kier alpha value is -0.460. The predicted molar refractivity (Wildman–Crippen MR) is 79.7 cm³/mol. The van der Waals surface area contributed by atoms with E-state index in [0.717, 1.165) is 50.3 Å². The van der Waals surface area contributed by atoms with Crippen molar-refractivity contribution in [3.05, 3.63) is 0 Å². The molecular formula is C13H24N4OS. The molecule has 3 fully saturated rings. The van der Waals surface area contributed by atoms with Crippen LogP contribution in [0.2, 0.25) is 0 Å². The van der Waals surface area contributed by atoms with E-state index in [9.17, 15) is 0 Å². The van der Waals surface area contributed by atoms with Crippen molar-refractivity contribution in [3.8, 4) is 0 Å². The third kappa shape index (κ3) is 3.77. The topological polar surface area (TPSA) is 54.1 Å². The summed E-state index contributed by atoms with van der Waals surface area (Å²) < 4.78 is 5.80. The molecular weight excluding hydrogens is 260 g/mol. The Bertz CT molecular complexity index is 329. The molecule has 1 atom stereocenters. The van der Waals surface area contributed by atoms with Crippen molar-refractivity contribution in [1.82, 2.24) is 9.80 Å². The number of morpholine rings is 1. The average Bonchev–Trinajstić information content (AvgIpc) is 3.31. The Balaban J connectivity index is 1.46. The summed E-state index contributed by atoms with van der Waals surface area (Å²) in [4.78, 5) is 9.29. The van der Waals surface area contributed by atoms with E-state index in [2.05, 4.69) is 14.8 Å². The van der Waals surface area contributed by atoms with Crippen LogP contribution in [0.1, 0.15) is 12.8 Å². The van der Waals surface area contributed by atoms with E-state index in [-0.39, 0.29) is 6.10 Å². The number of guanidine groups is 1. The Kier molecular flexibility index (Phi) is 4.50. The van der Waals surface area contributed by atoms with Gasteiger partial charge in [0, 0.05) is 43.7 Å². The van der Waals surface area contributed by atoms with E-state index in [1.807, 2.05) is 11.8 Å². The Labute approximate surface area is 119 Å². The van der Waals surface area contributed by atoms with E-state index in [1.54, 1.807) is 0 Å². The van der Waals surface area contributed by atoms with Gasteiger partial charge in [-0.3, -0.25) is 9.89 Å². The van der Waals surface area contributed by atoms with Crippen molar-refractivity contribution in [3.63, 3.8) is 0 Å². The van der Waals surface area contributed by atoms with Crippen LogP contribution in [0, 0.1) is 0 Å². The van der Waals surface area contributed by atoms with Gasteiger partial charge in [-0.1, -0.05) is 0 Å². The minimum Gasteiger partial charge on any atom is -0.374 e. The molecule has 1 aliphatic carbocycles. The van der Waals surface area contributed by atoms with Gasteiger partial charge in [0.1, 0.15) is 0 Å². The molecule has 2 heterocycles. The highest BCUT2D eigenvalue weighted by atomic mass is 32.2. The molecule has 1 saturated carbocycles. The van der Waals surface area contributed by atoms with Crippen LogP contribution < -0.4 is 5.73 Å². The molecule has 6 heteroatoms. The van der Waals surface area contributed by atoms with Crippen LogP contribution in [-0.2, 0) is 4.74 Å². The number of nitrogens with zero attached hydrogens (tertiary/aromatic N) is 3. The molecule has 0 radical (unpaired) electrons. The van der Waals surface area contributed by atoms with Gasteiger partial charge < -0.3 is 15.4 Å². The first kappa shape index (κ1) is 13.5. The lowest BCUT2D eigenvalue weighted by Gasteiger charge is -2.32. The monoisotopic (exact) mass is 284 g/mol. The van der Waals surface area contributed by atoms with Crippen molar-refractivity contribution in [2.75, 3.05) is 50.8 Å². The molecule has 0 aromatic rings. The SMILES string of the molecule is NC(=NCC1CN(C2CC2)CCO1)N1CCSCC1. The van der Waals surface area contributed by atoms with Crippen molar-refractivity contribution >= 4 is 17.7 Å². The van der Waals surface area contributed by atoms with E-state index in [0.29, 0.717) is 12.5 Å². The Morgan fingerprint density at radius 2 is 2.05 bits per heavy atom. The van der Waals surface area contributed by atoms with Gasteiger partial charge in [0.2, 0.25) is 0 Å². The number of thioether (sulfide) groups is 1. The van der Waals surface area contributed by atoms with Gasteiger partial charge in [-0.2, -0.15) is 11.8 Å². The molecule has 2 aliphatic heterocycles. The average molecular weight is 284 g/mol. The van der Waals surface area contributed by atoms with E-state index < -0.39 is 0 Å². The lowest BCUT2D eigenvalue weighted by Crippen LogP contribution is -2.46. The van der Waals surface area contributed by atoms with Crippen molar-refractivity contribution < 1.29 is 4.74 Å². The highest BCUT2D eigenvalue weighted by molar-refractivity contribution is 7.99. The third-order valence-electron chi connectivity index (χ3n) is 4.03. The maximum Gasteiger partial charge on any atom is 0.191 e. The molecule has 19 heavy (non-hydrogen) atoms. The summed E-state index contributed by atoms with van der Waals surface area (Å²) in [5.41, 5.74) is 6.07. The summed E-state index contributed by atoms with van der Waals surface area (Å²) in [5, 5.41) is 0. The number of nitrogens with two attached hydrogens (primary N) is 1. The second-order valence-corrected chi connectivity index (χ2v) is 6.74. The molecule has 0 aromatic heterocycles. The van der Waals surface area contributed by atoms with Crippen LogP contribution in [0.15, 0.2) is 4.99 Å². The standard InChI is InChI=1S/C13H24N4OS/c14-13(16-4-7-19-8-5-16)15-9-12-10-17(3-6-18-12)11-1-2-11/h11-12H,1-10H2,(H2,14,15). The molecule has 3 aliphatic rings. The minimum atomic E-state index is 0.229. The highest BCUT2D eigenvalue weighted by Gasteiger charge is 2.32. The summed E-state index contributed by atoms with van der Waals surface area (Å²) in [6, 6.07) is 0.826. The Morgan fingerprint density at radius 3 is 2.79 bits per heavy atom. The normalized spacial score (nSPS) is 30.6. The van der Waals surface area contributed by atoms with Crippen LogP contribution >= 0.6 is 11.8 Å². The predicted octanol–water partition coefficient (Wildman–Crippen LogP) is 0.213. The zero-order valence-corrected chi connectivity index (χ0v) is 12.3. The zero-order chi connectivity index (χ0) is 13.1. The molecule has 0 aromatic carbocycles. The number of ether oxygens (including phenoxy) is 1. The van der Waals surface area contributed by atoms with Gasteiger partial charge in [-0.15, -0.1) is 0 Å². The van der Waals surface area contributed by atoms with Crippen LogP contribution in [0.5, 0.6) is 0 Å². The van der Waals surface area contributed by atoms with Crippen LogP contribution in [0.4, 0.5) is 0 Å². The minimum absolute atomic E-state index is 0.229. The summed E-state index contributed by atoms with van der Waals surface area (Å²) in [6.45, 7) is 5.72. The molecule has 1 unspecified atom stereocenters. The summed E-state index contributed by atoms with van der Waals surface area (Å²) in [7, 11) is 0. The molecule has 108 valence electrons. The fourth-order valence-corrected chi connectivity index (χ4v) is 3.61. The van der Waals surface area contributed by atoms with Crippen LogP contribution in [0.25, 0.3) is 0 Å². The Morgan fingerprint density at radius 1 is 1.26 bits per heavy atom. The summed E-state index contributed by atoms with van der Waals surface area (Å²) >= 11 is 1.99. The van der Waals surface area contributed by atoms with Crippen molar-refractivity contribution in [2.24, 2.45) is 10.7 Å². The van der Waals surface area contributed by atoms with E-state index in [4.69, 9.17) is 10.5 Å². The van der Waals surface area contributed by atoms with Crippen molar-refractivity contribution in [2.45, 2.75) is 25.0 Å². The number of rotatable bonds is 3. The van der Waals surface area contributed by atoms with E-state index >= 15 is 0 Å². The molecule has 0 spiro atoms. The van der Waals surface area contributed by atoms with Gasteiger partial charge in [-0.05, 0) is 12.8 Å². The highest BCUT2D eigenvalue weighted by Crippen LogP contribution is 2.28. The summed E-state index contributed by atoms with van der Waals surface area (Å²) in [6.07, 6.45) is 2.96. The first-order valence-electron chi connectivity index (χ1n) is 7.31. The van der Waals surface area contributed by atoms with Crippen LogP contribution in [0.3, 0.4) is 0 Å². The van der Waals surface area contributed by atoms with E-state index in [1.165, 1.54) is 12.8 Å². The largest absolute Gasteiger partial charge is 0.374 e. The quantitative estimate of drug-likeness (QED) is 0.593. The second kappa shape index (κ2) is 6.33. The number of aliphatic imine (C=N–C) groups is 1. The number of hydrogen-bond donors (Lipinski definition) is 1. The van der Waals surface area contributed by atoms with Gasteiger partial charge >= 0.3 is 0 Å². The molecule has 3 rings (SSSR count). The second-order valence-electron chi connectivity index (χ2n) is 5.52. The van der Waals surface area contributed by atoms with Gasteiger partial charge in [0.05, 0.1) is 19.3 Å². The van der Waals surface area contributed by atoms with Gasteiger partial charge in [-0.25, -0.2) is 0 Å². The summed E-state index contributed by atoms with van der Waals surface area (Å²) in [5.74, 6) is 3.02. The fraction of sp³-hybridized carbons (Fsp3) is 0.923. The smallest absolute Gasteiger partial charge is 0.191 e. The zero-order valence-electron chi connectivity index (χ0n) is 11.5. The van der Waals surface area contributed by atoms with Crippen molar-refractivity contribution in [1.29, 1.82) is 0 Å². The van der Waals surface area contributed by atoms with Crippen LogP contribution in [-0.4, -0.2) is 78.7 Å². The first-order valence-corrected chi connectivity index (χ1v) is 8.46. The van der Waals surface area contributed by atoms with Gasteiger partial charge in [0.25, 0.3) is 0 Å². The molecule has 0 bridgehead atoms. The molecule has 2 saturated heterocycles. The first-order chi connectivity index (χ1) is 9.33. The number of hydrogen-bond acceptors (Lipinski definition) is 4. The molecule has 5 nitrogen and oxygen atoms in total. The maximum atomic E-state index is 6.07. The van der Waals surface area contributed by atoms with Gasteiger partial charge in [0.15, 0.2) is 5.96 Å². The lowest BCUT2D eigenvalue weighted by molar-refractivity contribution is -0.0259. The lowest BCUT2D eigenvalue weighted by atomic mass is 10.2. The fourth-order valence-electron chi connectivity index (χ4n) is 2.71.